The van der Waals surface area contributed by atoms with E-state index >= 15 is 0 Å². The number of carboxylic acid groups (broad SMARTS) is 1. The van der Waals surface area contributed by atoms with Gasteiger partial charge in [-0.25, -0.2) is 14.3 Å². The van der Waals surface area contributed by atoms with Crippen molar-refractivity contribution in [1.29, 1.82) is 0 Å². The molecular formula is C20H24ClN5O5. The number of nitrogens with zero attached hydrogens (tertiary/aromatic N) is 4. The molecule has 1 saturated heterocycles. The van der Waals surface area contributed by atoms with E-state index in [0.717, 1.165) is 0 Å². The van der Waals surface area contributed by atoms with Crippen LogP contribution in [-0.4, -0.2) is 81.9 Å². The summed E-state index contributed by atoms with van der Waals surface area (Å²) < 4.78 is 6.67. The lowest BCUT2D eigenvalue weighted by atomic mass is 10.1. The predicted molar refractivity (Wildman–Crippen MR) is 113 cm³/mol. The first kappa shape index (κ1) is 22.6. The number of hydrogen-bond donors (Lipinski definition) is 2. The summed E-state index contributed by atoms with van der Waals surface area (Å²) >= 11 is 6.00. The van der Waals surface area contributed by atoms with Crippen LogP contribution in [0.2, 0.25) is 5.02 Å². The summed E-state index contributed by atoms with van der Waals surface area (Å²) in [5.74, 6) is -0.975. The zero-order valence-corrected chi connectivity index (χ0v) is 17.8. The molecule has 2 heterocycles. The van der Waals surface area contributed by atoms with Gasteiger partial charge in [-0.2, -0.15) is 5.10 Å². The molecular weight excluding hydrogens is 426 g/mol. The first-order chi connectivity index (χ1) is 14.8. The van der Waals surface area contributed by atoms with E-state index in [-0.39, 0.29) is 22.0 Å². The Morgan fingerprint density at radius 2 is 1.84 bits per heavy atom. The Labute approximate surface area is 184 Å². The van der Waals surface area contributed by atoms with Crippen LogP contribution < -0.4 is 5.73 Å². The van der Waals surface area contributed by atoms with Gasteiger partial charge in [0.25, 0.3) is 0 Å². The van der Waals surface area contributed by atoms with Crippen molar-refractivity contribution in [3.63, 3.8) is 0 Å². The summed E-state index contributed by atoms with van der Waals surface area (Å²) in [5.41, 5.74) is 6.92. The third-order valence-corrected chi connectivity index (χ3v) is 5.48. The number of nitrogens with two attached hydrogens (primary N) is 1. The van der Waals surface area contributed by atoms with Crippen molar-refractivity contribution in [2.24, 2.45) is 0 Å². The molecule has 0 saturated carbocycles. The number of nitrogen functional groups attached to an aromatic ring is 1. The average Bonchev–Trinajstić information content (AvgIpc) is 3.04. The first-order valence-corrected chi connectivity index (χ1v) is 10.1. The summed E-state index contributed by atoms with van der Waals surface area (Å²) in [6, 6.07) is 6.53. The van der Waals surface area contributed by atoms with Crippen molar-refractivity contribution in [3.8, 4) is 0 Å². The summed E-state index contributed by atoms with van der Waals surface area (Å²) in [6.45, 7) is 4.35. The van der Waals surface area contributed by atoms with Gasteiger partial charge in [0.05, 0.1) is 17.3 Å². The Bertz CT molecular complexity index is 984. The zero-order valence-electron chi connectivity index (χ0n) is 17.1. The molecule has 166 valence electrons. The van der Waals surface area contributed by atoms with E-state index in [4.69, 9.17) is 27.2 Å². The second-order valence-corrected chi connectivity index (χ2v) is 7.57. The quantitative estimate of drug-likeness (QED) is 0.483. The highest BCUT2D eigenvalue weighted by atomic mass is 35.5. The van der Waals surface area contributed by atoms with E-state index < -0.39 is 24.5 Å². The first-order valence-electron chi connectivity index (χ1n) is 9.76. The van der Waals surface area contributed by atoms with Crippen molar-refractivity contribution in [2.45, 2.75) is 13.5 Å². The molecule has 1 aliphatic heterocycles. The molecule has 0 unspecified atom stereocenters. The predicted octanol–water partition coefficient (Wildman–Crippen LogP) is 1.76. The highest BCUT2D eigenvalue weighted by molar-refractivity contribution is 6.34. The number of rotatable bonds is 7. The van der Waals surface area contributed by atoms with Gasteiger partial charge in [0.15, 0.2) is 6.61 Å². The number of piperazine rings is 1. The number of halogens is 1. The van der Waals surface area contributed by atoms with Gasteiger partial charge in [0, 0.05) is 38.3 Å². The molecule has 0 spiro atoms. The maximum Gasteiger partial charge on any atom is 0.407 e. The average molecular weight is 450 g/mol. The number of anilines is 1. The fourth-order valence-corrected chi connectivity index (χ4v) is 3.63. The molecule has 0 radical (unpaired) electrons. The third-order valence-electron chi connectivity index (χ3n) is 5.15. The van der Waals surface area contributed by atoms with E-state index in [1.807, 2.05) is 0 Å². The van der Waals surface area contributed by atoms with Gasteiger partial charge in [0.1, 0.15) is 11.4 Å². The number of ether oxygens (including phenoxy) is 1. The van der Waals surface area contributed by atoms with Crippen LogP contribution in [0.4, 0.5) is 10.6 Å². The SMILES string of the molecule is Cc1nn(CCN2CCN(C(=O)O)CC2)c(N)c1C(=O)OCC(=O)c1ccccc1Cl. The monoisotopic (exact) mass is 449 g/mol. The lowest BCUT2D eigenvalue weighted by molar-refractivity contribution is 0.0475. The van der Waals surface area contributed by atoms with Crippen molar-refractivity contribution < 1.29 is 24.2 Å². The van der Waals surface area contributed by atoms with Crippen molar-refractivity contribution in [1.82, 2.24) is 19.6 Å². The molecule has 1 aliphatic rings. The lowest BCUT2D eigenvalue weighted by Gasteiger charge is -2.32. The van der Waals surface area contributed by atoms with Crippen LogP contribution in [0, 0.1) is 6.92 Å². The smallest absolute Gasteiger partial charge is 0.407 e. The van der Waals surface area contributed by atoms with Crippen molar-refractivity contribution in [2.75, 3.05) is 45.1 Å². The van der Waals surface area contributed by atoms with E-state index in [1.165, 1.54) is 9.58 Å². The zero-order chi connectivity index (χ0) is 22.5. The number of carbonyl (C=O) groups excluding carboxylic acids is 2. The molecule has 0 atom stereocenters. The second-order valence-electron chi connectivity index (χ2n) is 7.16. The number of amides is 1. The van der Waals surface area contributed by atoms with Crippen LogP contribution in [0.1, 0.15) is 26.4 Å². The van der Waals surface area contributed by atoms with E-state index in [9.17, 15) is 14.4 Å². The summed E-state index contributed by atoms with van der Waals surface area (Å²) in [7, 11) is 0. The number of benzene rings is 1. The number of ketones is 1. The minimum absolute atomic E-state index is 0.127. The van der Waals surface area contributed by atoms with E-state index in [1.54, 1.807) is 31.2 Å². The number of aryl methyl sites for hydroxylation is 1. The molecule has 3 rings (SSSR count). The molecule has 1 fully saturated rings. The van der Waals surface area contributed by atoms with Crippen LogP contribution in [-0.2, 0) is 11.3 Å². The highest BCUT2D eigenvalue weighted by Crippen LogP contribution is 2.19. The van der Waals surface area contributed by atoms with Gasteiger partial charge < -0.3 is 20.5 Å². The summed E-state index contributed by atoms with van der Waals surface area (Å²) in [6.07, 6.45) is -0.914. The van der Waals surface area contributed by atoms with Gasteiger partial charge in [-0.05, 0) is 19.1 Å². The molecule has 0 bridgehead atoms. The minimum Gasteiger partial charge on any atom is -0.465 e. The van der Waals surface area contributed by atoms with Crippen LogP contribution in [0.5, 0.6) is 0 Å². The molecule has 31 heavy (non-hydrogen) atoms. The fraction of sp³-hybridized carbons (Fsp3) is 0.400. The highest BCUT2D eigenvalue weighted by Gasteiger charge is 2.24. The molecule has 2 aromatic rings. The number of hydrogen-bond acceptors (Lipinski definition) is 7. The molecule has 11 heteroatoms. The molecule has 1 aromatic heterocycles. The maximum atomic E-state index is 12.5. The number of esters is 1. The standard InChI is InChI=1S/C20H24ClN5O5/c1-13-17(19(28)31-12-16(27)14-4-2-3-5-15(14)21)18(22)26(23-13)11-8-24-6-9-25(10-7-24)20(29)30/h2-5H,6-12,22H2,1H3,(H,29,30). The Balaban J connectivity index is 1.56. The maximum absolute atomic E-state index is 12.5. The Hall–Kier alpha value is -3.11. The Morgan fingerprint density at radius 3 is 2.48 bits per heavy atom. The normalized spacial score (nSPS) is 14.5. The van der Waals surface area contributed by atoms with E-state index in [2.05, 4.69) is 10.00 Å². The molecule has 10 nitrogen and oxygen atoms in total. The lowest BCUT2D eigenvalue weighted by Crippen LogP contribution is -2.48. The van der Waals surface area contributed by atoms with Crippen LogP contribution in [0.25, 0.3) is 0 Å². The molecule has 3 N–H and O–H groups in total. The second kappa shape index (κ2) is 9.80. The third kappa shape index (κ3) is 5.33. The summed E-state index contributed by atoms with van der Waals surface area (Å²) in [5, 5.41) is 13.6. The largest absolute Gasteiger partial charge is 0.465 e. The minimum atomic E-state index is -0.914. The van der Waals surface area contributed by atoms with Crippen LogP contribution in [0.15, 0.2) is 24.3 Å². The molecule has 1 amide bonds. The van der Waals surface area contributed by atoms with E-state index in [0.29, 0.717) is 45.0 Å². The van der Waals surface area contributed by atoms with Crippen molar-refractivity contribution in [3.05, 3.63) is 46.1 Å². The van der Waals surface area contributed by atoms with Gasteiger partial charge in [-0.15, -0.1) is 0 Å². The van der Waals surface area contributed by atoms with Gasteiger partial charge in [-0.3, -0.25) is 9.69 Å². The Kier molecular flexibility index (Phi) is 7.13. The van der Waals surface area contributed by atoms with Gasteiger partial charge in [0.2, 0.25) is 5.78 Å². The van der Waals surface area contributed by atoms with Gasteiger partial charge in [-0.1, -0.05) is 23.7 Å². The molecule has 0 aliphatic carbocycles. The van der Waals surface area contributed by atoms with Crippen LogP contribution >= 0.6 is 11.6 Å². The van der Waals surface area contributed by atoms with Gasteiger partial charge >= 0.3 is 12.1 Å². The Morgan fingerprint density at radius 1 is 1.16 bits per heavy atom. The number of aromatic nitrogens is 2. The topological polar surface area (TPSA) is 131 Å². The van der Waals surface area contributed by atoms with Crippen molar-refractivity contribution >= 4 is 35.3 Å². The number of Topliss-reactive ketones (excluding diaryl/α,β-unsaturated/α-hetero) is 1. The fourth-order valence-electron chi connectivity index (χ4n) is 3.39. The van der Waals surface area contributed by atoms with Crippen LogP contribution in [0.3, 0.4) is 0 Å². The number of carbonyl (C=O) groups is 3. The summed E-state index contributed by atoms with van der Waals surface area (Å²) in [4.78, 5) is 39.2. The molecule has 1 aromatic carbocycles.